The average molecular weight is 771 g/mol. The van der Waals surface area contributed by atoms with Gasteiger partial charge in [0, 0.05) is 58.4 Å². The van der Waals surface area contributed by atoms with Gasteiger partial charge >= 0.3 is 0 Å². The summed E-state index contributed by atoms with van der Waals surface area (Å²) < 4.78 is 11.4. The fourth-order valence-corrected chi connectivity index (χ4v) is 10.2. The summed E-state index contributed by atoms with van der Waals surface area (Å²) in [7, 11) is 0. The van der Waals surface area contributed by atoms with Crippen LogP contribution in [0.1, 0.15) is 0 Å². The highest BCUT2D eigenvalue weighted by molar-refractivity contribution is 7.25. The molecule has 0 aliphatic heterocycles. The van der Waals surface area contributed by atoms with Gasteiger partial charge in [-0.05, 0) is 70.1 Å². The molecule has 6 heteroatoms. The van der Waals surface area contributed by atoms with Crippen LogP contribution < -0.4 is 0 Å². The maximum Gasteiger partial charge on any atom is 0.166 e. The zero-order valence-electron chi connectivity index (χ0n) is 31.4. The molecule has 0 amide bonds. The fourth-order valence-electron chi connectivity index (χ4n) is 9.07. The zero-order chi connectivity index (χ0) is 38.6. The molecule has 0 radical (unpaired) electrons. The SMILES string of the molecule is c1ccc2cc3c(cc2c1)c1ccccc1n3-c1cc2c(cc1-c1nc(-c3ccc4c(c3)sc3ccccc34)nc(-c3cccc4ccccc34)n1)oc1ccccc12. The number of para-hydroxylation sites is 2. The standard InChI is InChI=1S/C53H30N4OS/c1-2-14-33-27-45-41(26-32(33)13-1)36-17-5-8-21-44(36)57(45)46-29-42-37-18-6-9-22-47(37)58-48(42)30-43(46)53-55-51(34-24-25-39-38-19-7-10-23-49(38)59-50(39)28-34)54-52(56-53)40-20-11-15-31-12-3-4-16-35(31)40/h1-30H. The van der Waals surface area contributed by atoms with Crippen molar-refractivity contribution < 1.29 is 4.42 Å². The molecular formula is C53H30N4OS. The van der Waals surface area contributed by atoms with Crippen LogP contribution >= 0.6 is 11.3 Å². The molecule has 4 aromatic heterocycles. The lowest BCUT2D eigenvalue weighted by Crippen LogP contribution is -2.04. The van der Waals surface area contributed by atoms with Crippen LogP contribution in [0.3, 0.4) is 0 Å². The first kappa shape index (κ1) is 32.4. The molecule has 5 nitrogen and oxygen atoms in total. The zero-order valence-corrected chi connectivity index (χ0v) is 32.2. The minimum atomic E-state index is 0.568. The molecule has 13 rings (SSSR count). The van der Waals surface area contributed by atoms with Crippen LogP contribution in [0.2, 0.25) is 0 Å². The molecule has 0 fully saturated rings. The van der Waals surface area contributed by atoms with Crippen molar-refractivity contribution in [2.75, 3.05) is 0 Å². The van der Waals surface area contributed by atoms with Gasteiger partial charge < -0.3 is 8.98 Å². The molecule has 0 spiro atoms. The summed E-state index contributed by atoms with van der Waals surface area (Å²) in [6, 6.07) is 64.5. The van der Waals surface area contributed by atoms with Gasteiger partial charge in [-0.25, -0.2) is 15.0 Å². The highest BCUT2D eigenvalue weighted by Crippen LogP contribution is 2.42. The summed E-state index contributed by atoms with van der Waals surface area (Å²) in [5, 5.41) is 11.5. The van der Waals surface area contributed by atoms with Gasteiger partial charge in [-0.3, -0.25) is 0 Å². The van der Waals surface area contributed by atoms with Crippen molar-refractivity contribution in [3.8, 4) is 39.9 Å². The third kappa shape index (κ3) is 4.94. The van der Waals surface area contributed by atoms with E-state index in [4.69, 9.17) is 19.4 Å². The third-order valence-corrected chi connectivity index (χ3v) is 13.0. The molecule has 0 unspecified atom stereocenters. The molecule has 0 saturated heterocycles. The van der Waals surface area contributed by atoms with Crippen molar-refractivity contribution in [3.63, 3.8) is 0 Å². The van der Waals surface area contributed by atoms with Crippen molar-refractivity contribution in [3.05, 3.63) is 182 Å². The highest BCUT2D eigenvalue weighted by Gasteiger charge is 2.23. The van der Waals surface area contributed by atoms with Crippen LogP contribution in [0, 0.1) is 0 Å². The second kappa shape index (κ2) is 12.4. The van der Waals surface area contributed by atoms with Gasteiger partial charge in [0.15, 0.2) is 17.5 Å². The Morgan fingerprint density at radius 2 is 1.03 bits per heavy atom. The summed E-state index contributed by atoms with van der Waals surface area (Å²) in [5.74, 6) is 1.79. The number of rotatable bonds is 4. The Hall–Kier alpha value is -7.67. The lowest BCUT2D eigenvalue weighted by molar-refractivity contribution is 0.669. The van der Waals surface area contributed by atoms with Gasteiger partial charge in [0.25, 0.3) is 0 Å². The summed E-state index contributed by atoms with van der Waals surface area (Å²) >= 11 is 1.79. The van der Waals surface area contributed by atoms with Crippen molar-refractivity contribution in [1.82, 2.24) is 19.5 Å². The quantitative estimate of drug-likeness (QED) is 0.179. The fraction of sp³-hybridized carbons (Fsp3) is 0. The number of thiophene rings is 1. The summed E-state index contributed by atoms with van der Waals surface area (Å²) in [5.41, 5.74) is 7.52. The summed E-state index contributed by atoms with van der Waals surface area (Å²) in [4.78, 5) is 16.1. The Morgan fingerprint density at radius 3 is 1.92 bits per heavy atom. The molecule has 4 heterocycles. The lowest BCUT2D eigenvalue weighted by Gasteiger charge is -2.16. The molecule has 9 aromatic carbocycles. The van der Waals surface area contributed by atoms with Crippen LogP contribution in [0.15, 0.2) is 186 Å². The van der Waals surface area contributed by atoms with Crippen molar-refractivity contribution >= 4 is 96.8 Å². The number of furan rings is 1. The Bertz CT molecular complexity index is 3870. The van der Waals surface area contributed by atoms with E-state index >= 15 is 0 Å². The Kier molecular flexibility index (Phi) is 6.82. The van der Waals surface area contributed by atoms with E-state index in [1.807, 2.05) is 12.1 Å². The van der Waals surface area contributed by atoms with Crippen molar-refractivity contribution in [2.45, 2.75) is 0 Å². The molecule has 0 aliphatic rings. The maximum atomic E-state index is 6.60. The number of hydrogen-bond acceptors (Lipinski definition) is 5. The summed E-state index contributed by atoms with van der Waals surface area (Å²) in [6.07, 6.45) is 0. The van der Waals surface area contributed by atoms with E-state index in [9.17, 15) is 0 Å². The van der Waals surface area contributed by atoms with Crippen LogP contribution in [-0.2, 0) is 0 Å². The molecule has 0 N–H and O–H groups in total. The van der Waals surface area contributed by atoms with Crippen LogP contribution in [0.5, 0.6) is 0 Å². The Balaban J connectivity index is 1.15. The second-order valence-corrected chi connectivity index (χ2v) is 16.3. The van der Waals surface area contributed by atoms with Gasteiger partial charge in [-0.15, -0.1) is 11.3 Å². The van der Waals surface area contributed by atoms with E-state index < -0.39 is 0 Å². The summed E-state index contributed by atoms with van der Waals surface area (Å²) in [6.45, 7) is 0. The van der Waals surface area contributed by atoms with E-state index in [2.05, 4.69) is 174 Å². The van der Waals surface area contributed by atoms with Gasteiger partial charge in [-0.2, -0.15) is 0 Å². The Labute approximate surface area is 341 Å². The topological polar surface area (TPSA) is 56.7 Å². The first-order valence-electron chi connectivity index (χ1n) is 19.8. The Morgan fingerprint density at radius 1 is 0.373 bits per heavy atom. The number of fused-ring (bicyclic) bond motifs is 11. The average Bonchev–Trinajstić information content (AvgIpc) is 3.96. The van der Waals surface area contributed by atoms with Crippen molar-refractivity contribution in [1.29, 1.82) is 0 Å². The predicted molar refractivity (Wildman–Crippen MR) is 246 cm³/mol. The second-order valence-electron chi connectivity index (χ2n) is 15.2. The largest absolute Gasteiger partial charge is 0.456 e. The van der Waals surface area contributed by atoms with Gasteiger partial charge in [0.1, 0.15) is 11.2 Å². The van der Waals surface area contributed by atoms with Crippen LogP contribution in [0.4, 0.5) is 0 Å². The monoisotopic (exact) mass is 770 g/mol. The number of nitrogens with zero attached hydrogens (tertiary/aromatic N) is 4. The molecule has 13 aromatic rings. The molecule has 274 valence electrons. The molecule has 0 aliphatic carbocycles. The van der Waals surface area contributed by atoms with Gasteiger partial charge in [-0.1, -0.05) is 133 Å². The molecule has 0 saturated carbocycles. The normalized spacial score (nSPS) is 12.1. The minimum Gasteiger partial charge on any atom is -0.456 e. The van der Waals surface area contributed by atoms with E-state index in [0.717, 1.165) is 66.1 Å². The maximum absolute atomic E-state index is 6.60. The third-order valence-electron chi connectivity index (χ3n) is 11.8. The predicted octanol–water partition coefficient (Wildman–Crippen LogP) is 14.5. The number of hydrogen-bond donors (Lipinski definition) is 0. The molecule has 0 atom stereocenters. The van der Waals surface area contributed by atoms with Crippen molar-refractivity contribution in [2.24, 2.45) is 0 Å². The highest BCUT2D eigenvalue weighted by atomic mass is 32.1. The minimum absolute atomic E-state index is 0.568. The molecular weight excluding hydrogens is 741 g/mol. The number of benzene rings is 9. The molecule has 0 bridgehead atoms. The van der Waals surface area contributed by atoms with Crippen LogP contribution in [-0.4, -0.2) is 19.5 Å². The first-order chi connectivity index (χ1) is 29.2. The van der Waals surface area contributed by atoms with E-state index in [-0.39, 0.29) is 0 Å². The first-order valence-corrected chi connectivity index (χ1v) is 20.6. The van der Waals surface area contributed by atoms with Gasteiger partial charge in [0.2, 0.25) is 0 Å². The van der Waals surface area contributed by atoms with Gasteiger partial charge in [0.05, 0.1) is 16.7 Å². The van der Waals surface area contributed by atoms with E-state index in [1.165, 1.54) is 41.7 Å². The molecule has 59 heavy (non-hydrogen) atoms. The number of aromatic nitrogens is 4. The van der Waals surface area contributed by atoms with Crippen LogP contribution in [0.25, 0.3) is 125 Å². The van der Waals surface area contributed by atoms with E-state index in [0.29, 0.717) is 17.5 Å². The van der Waals surface area contributed by atoms with E-state index in [1.54, 1.807) is 11.3 Å². The lowest BCUT2D eigenvalue weighted by atomic mass is 10.0. The smallest absolute Gasteiger partial charge is 0.166 e.